The second-order valence-electron chi connectivity index (χ2n) is 6.74. The fraction of sp³-hybridized carbons (Fsp3) is 0.389. The molecule has 0 unspecified atom stereocenters. The van der Waals surface area contributed by atoms with Gasteiger partial charge in [-0.1, -0.05) is 0 Å². The summed E-state index contributed by atoms with van der Waals surface area (Å²) >= 11 is 0. The van der Waals surface area contributed by atoms with Gasteiger partial charge in [-0.2, -0.15) is 10.1 Å². The topological polar surface area (TPSA) is 136 Å². The van der Waals surface area contributed by atoms with E-state index in [0.717, 1.165) is 49.1 Å². The number of aryl methyl sites for hydroxylation is 1. The third-order valence-corrected chi connectivity index (χ3v) is 4.75. The summed E-state index contributed by atoms with van der Waals surface area (Å²) in [7, 11) is 0. The van der Waals surface area contributed by atoms with Crippen LogP contribution in [-0.4, -0.2) is 50.0 Å². The molecule has 1 aliphatic heterocycles. The summed E-state index contributed by atoms with van der Waals surface area (Å²) in [6, 6.07) is 6.04. The maximum atomic E-state index is 11.8. The molecule has 10 heteroatoms. The molecule has 1 aromatic carbocycles. The lowest BCUT2D eigenvalue weighted by atomic mass is 10.1. The number of carbonyl (C=O) groups excluding carboxylic acids is 1. The summed E-state index contributed by atoms with van der Waals surface area (Å²) in [5.41, 5.74) is 7.24. The minimum Gasteiger partial charge on any atom is -0.364 e. The Labute approximate surface area is 161 Å². The normalized spacial score (nSPS) is 16.8. The van der Waals surface area contributed by atoms with Crippen LogP contribution >= 0.6 is 0 Å². The fourth-order valence-electron chi connectivity index (χ4n) is 3.35. The molecule has 3 heterocycles. The van der Waals surface area contributed by atoms with E-state index in [0.29, 0.717) is 5.95 Å². The van der Waals surface area contributed by atoms with Crippen molar-refractivity contribution in [3.63, 3.8) is 0 Å². The van der Waals surface area contributed by atoms with Crippen molar-refractivity contribution >= 4 is 34.3 Å². The first-order valence-electron chi connectivity index (χ1n) is 9.38. The van der Waals surface area contributed by atoms with Crippen LogP contribution in [0.5, 0.6) is 0 Å². The number of nitrogens with two attached hydrogens (primary N) is 1. The molecule has 1 amide bonds. The summed E-state index contributed by atoms with van der Waals surface area (Å²) < 4.78 is 1.92. The Balaban J connectivity index is 1.61. The highest BCUT2D eigenvalue weighted by molar-refractivity contribution is 5.96. The van der Waals surface area contributed by atoms with Gasteiger partial charge in [0.15, 0.2) is 11.5 Å². The van der Waals surface area contributed by atoms with Gasteiger partial charge < -0.3 is 21.7 Å². The molecule has 0 aliphatic carbocycles. The van der Waals surface area contributed by atoms with E-state index in [1.807, 2.05) is 29.8 Å². The van der Waals surface area contributed by atoms with E-state index < -0.39 is 5.91 Å². The van der Waals surface area contributed by atoms with Crippen LogP contribution < -0.4 is 21.7 Å². The first-order chi connectivity index (χ1) is 13.6. The molecule has 1 atom stereocenters. The molecule has 1 fully saturated rings. The summed E-state index contributed by atoms with van der Waals surface area (Å²) in [6.45, 7) is 4.69. The van der Waals surface area contributed by atoms with Crippen molar-refractivity contribution in [2.45, 2.75) is 32.4 Å². The van der Waals surface area contributed by atoms with Crippen molar-refractivity contribution in [3.8, 4) is 0 Å². The monoisotopic (exact) mass is 381 g/mol. The first-order valence-corrected chi connectivity index (χ1v) is 9.38. The van der Waals surface area contributed by atoms with Crippen LogP contribution in [0.4, 0.5) is 17.5 Å². The van der Waals surface area contributed by atoms with E-state index in [1.165, 1.54) is 0 Å². The molecule has 0 saturated carbocycles. The summed E-state index contributed by atoms with van der Waals surface area (Å²) in [5, 5.41) is 23.0. The van der Waals surface area contributed by atoms with Crippen LogP contribution in [-0.2, 0) is 6.54 Å². The minimum absolute atomic E-state index is 0.00308. The Kier molecular flexibility index (Phi) is 5.02. The Morgan fingerprint density at radius 1 is 1.39 bits per heavy atom. The second-order valence-corrected chi connectivity index (χ2v) is 6.74. The molecule has 0 spiro atoms. The minimum atomic E-state index is -0.687. The number of rotatable bonds is 6. The van der Waals surface area contributed by atoms with E-state index in [2.05, 4.69) is 36.2 Å². The van der Waals surface area contributed by atoms with Crippen molar-refractivity contribution < 1.29 is 4.79 Å². The molecule has 0 bridgehead atoms. The predicted octanol–water partition coefficient (Wildman–Crippen LogP) is 1.25. The molecule has 2 aromatic heterocycles. The summed E-state index contributed by atoms with van der Waals surface area (Å²) in [6.07, 6.45) is 3.91. The zero-order chi connectivity index (χ0) is 19.5. The van der Waals surface area contributed by atoms with Crippen molar-refractivity contribution in [2.24, 2.45) is 5.73 Å². The lowest BCUT2D eigenvalue weighted by Crippen LogP contribution is -2.39. The van der Waals surface area contributed by atoms with Crippen LogP contribution in [0.2, 0.25) is 0 Å². The van der Waals surface area contributed by atoms with Crippen LogP contribution in [0.15, 0.2) is 24.4 Å². The van der Waals surface area contributed by atoms with Gasteiger partial charge >= 0.3 is 0 Å². The number of nitrogens with zero attached hydrogens (tertiary/aromatic N) is 5. The molecule has 0 radical (unpaired) electrons. The number of fused-ring (bicyclic) bond motifs is 1. The van der Waals surface area contributed by atoms with Gasteiger partial charge in [0.2, 0.25) is 5.95 Å². The number of hydrogen-bond donors (Lipinski definition) is 4. The first kappa shape index (κ1) is 18.1. The van der Waals surface area contributed by atoms with Crippen LogP contribution in [0.1, 0.15) is 30.3 Å². The van der Waals surface area contributed by atoms with E-state index >= 15 is 0 Å². The number of nitrogens with one attached hydrogen (secondary N) is 3. The molecule has 1 aliphatic rings. The Bertz CT molecular complexity index is 994. The van der Waals surface area contributed by atoms with Gasteiger partial charge in [-0.3, -0.25) is 9.48 Å². The van der Waals surface area contributed by atoms with E-state index in [9.17, 15) is 4.79 Å². The molecular formula is C18H23N9O. The van der Waals surface area contributed by atoms with Crippen molar-refractivity contribution in [1.82, 2.24) is 30.3 Å². The molecule has 5 N–H and O–H groups in total. The van der Waals surface area contributed by atoms with Gasteiger partial charge in [0.05, 0.1) is 11.7 Å². The number of benzene rings is 1. The largest absolute Gasteiger partial charge is 0.364 e. The lowest BCUT2D eigenvalue weighted by molar-refractivity contribution is 0.0995. The number of amides is 1. The quantitative estimate of drug-likeness (QED) is 0.501. The molecule has 28 heavy (non-hydrogen) atoms. The van der Waals surface area contributed by atoms with Crippen molar-refractivity contribution in [2.75, 3.05) is 23.7 Å². The van der Waals surface area contributed by atoms with E-state index in [1.54, 1.807) is 6.20 Å². The summed E-state index contributed by atoms with van der Waals surface area (Å²) in [5.74, 6) is -0.0506. The zero-order valence-electron chi connectivity index (χ0n) is 15.6. The molecule has 4 rings (SSSR count). The van der Waals surface area contributed by atoms with Crippen molar-refractivity contribution in [1.29, 1.82) is 0 Å². The smallest absolute Gasteiger partial charge is 0.273 e. The van der Waals surface area contributed by atoms with Crippen molar-refractivity contribution in [3.05, 3.63) is 30.1 Å². The summed E-state index contributed by atoms with van der Waals surface area (Å²) in [4.78, 5) is 16.2. The van der Waals surface area contributed by atoms with Crippen LogP contribution in [0, 0.1) is 0 Å². The highest BCUT2D eigenvalue weighted by Crippen LogP contribution is 2.23. The van der Waals surface area contributed by atoms with Gasteiger partial charge in [0.25, 0.3) is 5.91 Å². The highest BCUT2D eigenvalue weighted by atomic mass is 16.1. The maximum Gasteiger partial charge on any atom is 0.273 e. The molecule has 146 valence electrons. The number of carbonyl (C=O) groups is 1. The van der Waals surface area contributed by atoms with E-state index in [4.69, 9.17) is 5.73 Å². The van der Waals surface area contributed by atoms with Gasteiger partial charge in [-0.25, -0.2) is 0 Å². The van der Waals surface area contributed by atoms with Gasteiger partial charge in [-0.15, -0.1) is 10.2 Å². The lowest BCUT2D eigenvalue weighted by Gasteiger charge is -2.23. The Morgan fingerprint density at radius 2 is 2.29 bits per heavy atom. The second kappa shape index (κ2) is 7.77. The predicted molar refractivity (Wildman–Crippen MR) is 107 cm³/mol. The standard InChI is InChI=1S/C18H23N9O/c1-2-27-14-6-5-12(8-11(14)9-21-27)22-17-15(16(19)28)25-26-18(24-17)23-13-4-3-7-20-10-13/h5-6,8-9,13,20H,2-4,7,10H2,1H3,(H2,19,28)(H2,22,23,24,26)/t13-/m0/s1. The van der Waals surface area contributed by atoms with Crippen LogP contribution in [0.3, 0.4) is 0 Å². The number of piperidine rings is 1. The number of aromatic nitrogens is 5. The van der Waals surface area contributed by atoms with Gasteiger partial charge in [0, 0.05) is 30.2 Å². The van der Waals surface area contributed by atoms with Crippen LogP contribution in [0.25, 0.3) is 10.9 Å². The Morgan fingerprint density at radius 3 is 3.04 bits per heavy atom. The van der Waals surface area contributed by atoms with Gasteiger partial charge in [0.1, 0.15) is 0 Å². The van der Waals surface area contributed by atoms with E-state index in [-0.39, 0.29) is 17.6 Å². The molecular weight excluding hydrogens is 358 g/mol. The number of hydrogen-bond acceptors (Lipinski definition) is 8. The fourth-order valence-corrected chi connectivity index (χ4v) is 3.35. The average Bonchev–Trinajstić information content (AvgIpc) is 3.11. The zero-order valence-corrected chi connectivity index (χ0v) is 15.6. The number of primary amides is 1. The third-order valence-electron chi connectivity index (χ3n) is 4.75. The highest BCUT2D eigenvalue weighted by Gasteiger charge is 2.18. The molecule has 10 nitrogen and oxygen atoms in total. The van der Waals surface area contributed by atoms with Gasteiger partial charge in [-0.05, 0) is 44.5 Å². The maximum absolute atomic E-state index is 11.8. The SMILES string of the molecule is CCn1ncc2cc(Nc3nc(N[C@H]4CCCNC4)nnc3C(N)=O)ccc21. The third kappa shape index (κ3) is 3.72. The molecule has 1 saturated heterocycles. The average molecular weight is 381 g/mol. The number of anilines is 3. The Hall–Kier alpha value is -3.27. The molecule has 3 aromatic rings.